The molecule has 0 saturated heterocycles. The molecule has 1 heterocycles. The smallest absolute Gasteiger partial charge is 0.258 e. The molecular weight excluding hydrogens is 182 g/mol. The summed E-state index contributed by atoms with van der Waals surface area (Å²) in [5, 5.41) is 9.57. The minimum Gasteiger partial charge on any atom is -0.494 e. The molecule has 3 N–H and O–H groups in total. The Kier molecular flexibility index (Phi) is 2.60. The number of aliphatic imine (C=N–C) groups is 1. The van der Waals surface area contributed by atoms with E-state index in [4.69, 9.17) is 5.73 Å². The highest BCUT2D eigenvalue weighted by molar-refractivity contribution is 5.64. The van der Waals surface area contributed by atoms with Crippen LogP contribution in [0.5, 0.6) is 5.88 Å². The maximum Gasteiger partial charge on any atom is 0.258 e. The first-order valence-electron chi connectivity index (χ1n) is 4.14. The molecule has 14 heavy (non-hydrogen) atoms. The van der Waals surface area contributed by atoms with Gasteiger partial charge >= 0.3 is 0 Å². The number of pyridine rings is 1. The van der Waals surface area contributed by atoms with Crippen molar-refractivity contribution in [1.29, 1.82) is 0 Å². The van der Waals surface area contributed by atoms with E-state index in [-0.39, 0.29) is 11.4 Å². The highest BCUT2D eigenvalue weighted by Gasteiger charge is 2.12. The fourth-order valence-corrected chi connectivity index (χ4v) is 1.36. The molecule has 1 aromatic rings. The van der Waals surface area contributed by atoms with Crippen molar-refractivity contribution in [3.63, 3.8) is 0 Å². The van der Waals surface area contributed by atoms with Crippen LogP contribution < -0.4 is 11.3 Å². The summed E-state index contributed by atoms with van der Waals surface area (Å²) in [6.45, 7) is 3.33. The van der Waals surface area contributed by atoms with Crippen LogP contribution in [0.25, 0.3) is 0 Å². The lowest BCUT2D eigenvalue weighted by Gasteiger charge is -2.10. The minimum absolute atomic E-state index is 0.0822. The van der Waals surface area contributed by atoms with Gasteiger partial charge in [0.25, 0.3) is 5.56 Å². The van der Waals surface area contributed by atoms with Crippen LogP contribution in [-0.4, -0.2) is 16.0 Å². The summed E-state index contributed by atoms with van der Waals surface area (Å²) in [5.41, 5.74) is 6.35. The first kappa shape index (κ1) is 10.3. The third-order valence-electron chi connectivity index (χ3n) is 2.19. The zero-order chi connectivity index (χ0) is 10.9. The first-order valence-corrected chi connectivity index (χ1v) is 4.14. The van der Waals surface area contributed by atoms with Gasteiger partial charge in [-0.1, -0.05) is 0 Å². The average Bonchev–Trinajstić information content (AvgIpc) is 2.19. The van der Waals surface area contributed by atoms with Crippen molar-refractivity contribution in [2.45, 2.75) is 13.8 Å². The van der Waals surface area contributed by atoms with Crippen molar-refractivity contribution >= 4 is 12.0 Å². The van der Waals surface area contributed by atoms with Crippen molar-refractivity contribution in [2.75, 3.05) is 0 Å². The third kappa shape index (κ3) is 1.37. The van der Waals surface area contributed by atoms with Gasteiger partial charge in [0, 0.05) is 18.2 Å². The van der Waals surface area contributed by atoms with Crippen LogP contribution in [0.2, 0.25) is 0 Å². The summed E-state index contributed by atoms with van der Waals surface area (Å²) in [6.07, 6.45) is 1.11. The predicted octanol–water partition coefficient (Wildman–Crippen LogP) is 0.326. The lowest BCUT2D eigenvalue weighted by Crippen LogP contribution is -2.20. The van der Waals surface area contributed by atoms with Gasteiger partial charge in [-0.15, -0.1) is 0 Å². The number of hydrogen-bond acceptors (Lipinski definition) is 3. The fourth-order valence-electron chi connectivity index (χ4n) is 1.36. The van der Waals surface area contributed by atoms with E-state index in [1.54, 1.807) is 13.8 Å². The molecular formula is C9H13N3O2. The molecule has 0 bridgehead atoms. The van der Waals surface area contributed by atoms with Crippen molar-refractivity contribution in [2.24, 2.45) is 17.8 Å². The Morgan fingerprint density at radius 2 is 2.00 bits per heavy atom. The molecule has 0 spiro atoms. The van der Waals surface area contributed by atoms with E-state index in [2.05, 4.69) is 4.99 Å². The Morgan fingerprint density at radius 3 is 2.50 bits per heavy atom. The largest absolute Gasteiger partial charge is 0.494 e. The van der Waals surface area contributed by atoms with E-state index < -0.39 is 0 Å². The van der Waals surface area contributed by atoms with Gasteiger partial charge in [-0.3, -0.25) is 9.36 Å². The number of nitrogens with zero attached hydrogens (tertiary/aromatic N) is 2. The maximum absolute atomic E-state index is 11.5. The Hall–Kier alpha value is -1.78. The number of rotatable bonds is 1. The standard InChI is InChI=1S/C9H13N3O2/c1-5-7(11-4-10)6(2)9(14)12(3)8(5)13/h4,13H,1-3H3,(H2,10,11). The molecule has 0 radical (unpaired) electrons. The topological polar surface area (TPSA) is 80.6 Å². The molecule has 1 aromatic heterocycles. The maximum atomic E-state index is 11.5. The van der Waals surface area contributed by atoms with Gasteiger partial charge in [0.1, 0.15) is 0 Å². The van der Waals surface area contributed by atoms with Gasteiger partial charge < -0.3 is 10.8 Å². The molecule has 0 aliphatic carbocycles. The molecule has 0 saturated carbocycles. The normalized spacial score (nSPS) is 11.1. The molecule has 0 unspecified atom stereocenters. The molecule has 5 nitrogen and oxygen atoms in total. The number of aromatic hydroxyl groups is 1. The summed E-state index contributed by atoms with van der Waals surface area (Å²) in [6, 6.07) is 0. The Labute approximate surface area is 81.5 Å². The average molecular weight is 195 g/mol. The molecule has 0 aliphatic heterocycles. The monoisotopic (exact) mass is 195 g/mol. The minimum atomic E-state index is -0.270. The predicted molar refractivity (Wildman–Crippen MR) is 55.2 cm³/mol. The number of hydrogen-bond donors (Lipinski definition) is 2. The van der Waals surface area contributed by atoms with Crippen molar-refractivity contribution in [3.05, 3.63) is 21.5 Å². The summed E-state index contributed by atoms with van der Waals surface area (Å²) >= 11 is 0. The van der Waals surface area contributed by atoms with Gasteiger partial charge in [-0.05, 0) is 13.8 Å². The number of aromatic nitrogens is 1. The van der Waals surface area contributed by atoms with Crippen LogP contribution in [0.4, 0.5) is 5.69 Å². The fraction of sp³-hybridized carbons (Fsp3) is 0.333. The van der Waals surface area contributed by atoms with Crippen LogP contribution >= 0.6 is 0 Å². The van der Waals surface area contributed by atoms with Crippen LogP contribution in [0.3, 0.4) is 0 Å². The van der Waals surface area contributed by atoms with Crippen molar-refractivity contribution in [3.8, 4) is 5.88 Å². The van der Waals surface area contributed by atoms with Crippen molar-refractivity contribution in [1.82, 2.24) is 4.57 Å². The Balaban J connectivity index is 3.68. The van der Waals surface area contributed by atoms with Crippen LogP contribution in [0.1, 0.15) is 11.1 Å². The van der Waals surface area contributed by atoms with Gasteiger partial charge in [-0.2, -0.15) is 0 Å². The van der Waals surface area contributed by atoms with Crippen molar-refractivity contribution < 1.29 is 5.11 Å². The van der Waals surface area contributed by atoms with Crippen LogP contribution in [0.15, 0.2) is 9.79 Å². The molecule has 0 aliphatic rings. The summed E-state index contributed by atoms with van der Waals surface area (Å²) in [4.78, 5) is 15.4. The highest BCUT2D eigenvalue weighted by atomic mass is 16.3. The second-order valence-corrected chi connectivity index (χ2v) is 3.06. The first-order chi connectivity index (χ1) is 6.50. The zero-order valence-electron chi connectivity index (χ0n) is 8.40. The molecule has 0 atom stereocenters. The van der Waals surface area contributed by atoms with Crippen LogP contribution in [-0.2, 0) is 7.05 Å². The van der Waals surface area contributed by atoms with Gasteiger partial charge in [0.15, 0.2) is 5.88 Å². The molecule has 0 fully saturated rings. The van der Waals surface area contributed by atoms with E-state index in [1.165, 1.54) is 11.6 Å². The Bertz CT molecular complexity index is 446. The summed E-state index contributed by atoms with van der Waals surface area (Å²) in [7, 11) is 1.51. The Morgan fingerprint density at radius 1 is 1.43 bits per heavy atom. The highest BCUT2D eigenvalue weighted by Crippen LogP contribution is 2.26. The van der Waals surface area contributed by atoms with E-state index in [0.717, 1.165) is 6.34 Å². The van der Waals surface area contributed by atoms with E-state index in [0.29, 0.717) is 16.8 Å². The SMILES string of the molecule is Cc1c(N=CN)c(C)c(=O)n(C)c1O. The molecule has 76 valence electrons. The lowest BCUT2D eigenvalue weighted by molar-refractivity contribution is 0.418. The van der Waals surface area contributed by atoms with E-state index in [9.17, 15) is 9.90 Å². The quantitative estimate of drug-likeness (QED) is 0.500. The van der Waals surface area contributed by atoms with Gasteiger partial charge in [-0.25, -0.2) is 4.99 Å². The third-order valence-corrected chi connectivity index (χ3v) is 2.19. The number of nitrogens with two attached hydrogens (primary N) is 1. The van der Waals surface area contributed by atoms with Gasteiger partial charge in [0.2, 0.25) is 0 Å². The second kappa shape index (κ2) is 3.53. The second-order valence-electron chi connectivity index (χ2n) is 3.06. The van der Waals surface area contributed by atoms with Crippen LogP contribution in [0, 0.1) is 13.8 Å². The molecule has 1 rings (SSSR count). The summed E-state index contributed by atoms with van der Waals surface area (Å²) in [5.74, 6) is -0.0822. The molecule has 5 heteroatoms. The summed E-state index contributed by atoms with van der Waals surface area (Å²) < 4.78 is 1.18. The van der Waals surface area contributed by atoms with Gasteiger partial charge in [0.05, 0.1) is 12.0 Å². The molecule has 0 aromatic carbocycles. The lowest BCUT2D eigenvalue weighted by atomic mass is 10.1. The van der Waals surface area contributed by atoms with E-state index in [1.807, 2.05) is 0 Å². The van der Waals surface area contributed by atoms with E-state index >= 15 is 0 Å². The zero-order valence-corrected chi connectivity index (χ0v) is 8.40. The molecule has 0 amide bonds.